The summed E-state index contributed by atoms with van der Waals surface area (Å²) in [6.45, 7) is 5.45. The van der Waals surface area contributed by atoms with Gasteiger partial charge in [0, 0.05) is 29.9 Å². The fourth-order valence-corrected chi connectivity index (χ4v) is 2.90. The molecular formula is C17H19NO3. The molecule has 1 atom stereocenters. The summed E-state index contributed by atoms with van der Waals surface area (Å²) in [5.74, 6) is -1.28. The summed E-state index contributed by atoms with van der Waals surface area (Å²) in [6.07, 6.45) is 5.03. The maximum Gasteiger partial charge on any atom is 0.321 e. The van der Waals surface area contributed by atoms with E-state index in [4.69, 9.17) is 4.74 Å². The first-order chi connectivity index (χ1) is 9.87. The number of aryl methyl sites for hydroxylation is 1. The largest absolute Gasteiger partial charge is 0.459 e. The van der Waals surface area contributed by atoms with Crippen molar-refractivity contribution in [1.82, 2.24) is 4.40 Å². The minimum absolute atomic E-state index is 0.0475. The first kappa shape index (κ1) is 13.9. The minimum atomic E-state index is -0.791. The molecule has 0 bridgehead atoms. The highest BCUT2D eigenvalue weighted by molar-refractivity contribution is 6.07. The Bertz CT molecular complexity index is 721. The summed E-state index contributed by atoms with van der Waals surface area (Å²) in [6, 6.07) is 5.79. The fourth-order valence-electron chi connectivity index (χ4n) is 2.90. The SMILES string of the molecule is CC(C)(C)OC(=O)C1C(=O)CCc2cn3ccccc3c21. The third-order valence-corrected chi connectivity index (χ3v) is 3.70. The average molecular weight is 285 g/mol. The zero-order valence-corrected chi connectivity index (χ0v) is 12.6. The number of pyridine rings is 1. The lowest BCUT2D eigenvalue weighted by atomic mass is 9.83. The zero-order chi connectivity index (χ0) is 15.2. The molecule has 0 radical (unpaired) electrons. The van der Waals surface area contributed by atoms with Crippen molar-refractivity contribution in [2.45, 2.75) is 45.1 Å². The van der Waals surface area contributed by atoms with Gasteiger partial charge in [0.25, 0.3) is 0 Å². The summed E-state index contributed by atoms with van der Waals surface area (Å²) in [5.41, 5.74) is 2.21. The van der Waals surface area contributed by atoms with Crippen LogP contribution >= 0.6 is 0 Å². The van der Waals surface area contributed by atoms with Crippen LogP contribution in [-0.4, -0.2) is 21.8 Å². The summed E-state index contributed by atoms with van der Waals surface area (Å²) < 4.78 is 7.43. The van der Waals surface area contributed by atoms with Crippen LogP contribution < -0.4 is 0 Å². The van der Waals surface area contributed by atoms with Crippen molar-refractivity contribution in [3.8, 4) is 0 Å². The number of nitrogens with zero attached hydrogens (tertiary/aromatic N) is 1. The highest BCUT2D eigenvalue weighted by atomic mass is 16.6. The summed E-state index contributed by atoms with van der Waals surface area (Å²) in [5, 5.41) is 0. The van der Waals surface area contributed by atoms with E-state index in [2.05, 4.69) is 0 Å². The van der Waals surface area contributed by atoms with E-state index in [1.165, 1.54) is 0 Å². The lowest BCUT2D eigenvalue weighted by Gasteiger charge is -2.26. The van der Waals surface area contributed by atoms with Crippen molar-refractivity contribution in [2.75, 3.05) is 0 Å². The van der Waals surface area contributed by atoms with E-state index in [1.807, 2.05) is 55.8 Å². The Morgan fingerprint density at radius 3 is 2.76 bits per heavy atom. The number of ketones is 1. The van der Waals surface area contributed by atoms with Crippen molar-refractivity contribution in [1.29, 1.82) is 0 Å². The molecule has 0 fully saturated rings. The standard InChI is InChI=1S/C17H19NO3/c1-17(2,3)21-16(20)15-13(19)8-7-11-10-18-9-5-4-6-12(18)14(11)15/h4-6,9-10,15H,7-8H2,1-3H3. The monoisotopic (exact) mass is 285 g/mol. The maximum atomic E-state index is 12.5. The highest BCUT2D eigenvalue weighted by Crippen LogP contribution is 2.35. The topological polar surface area (TPSA) is 47.8 Å². The Morgan fingerprint density at radius 1 is 1.29 bits per heavy atom. The molecule has 0 saturated heterocycles. The van der Waals surface area contributed by atoms with Crippen LogP contribution in [0.4, 0.5) is 0 Å². The van der Waals surface area contributed by atoms with Crippen LogP contribution in [0, 0.1) is 0 Å². The van der Waals surface area contributed by atoms with Gasteiger partial charge in [-0.3, -0.25) is 9.59 Å². The molecule has 1 aliphatic rings. The predicted octanol–water partition coefficient (Wildman–Crippen LogP) is 2.88. The third kappa shape index (κ3) is 2.46. The lowest BCUT2D eigenvalue weighted by Crippen LogP contribution is -2.33. The second-order valence-corrected chi connectivity index (χ2v) is 6.49. The molecular weight excluding hydrogens is 266 g/mol. The normalized spacial score (nSPS) is 18.6. The van der Waals surface area contributed by atoms with Crippen molar-refractivity contribution >= 4 is 17.3 Å². The van der Waals surface area contributed by atoms with Gasteiger partial charge >= 0.3 is 5.97 Å². The van der Waals surface area contributed by atoms with Crippen LogP contribution in [0.1, 0.15) is 44.2 Å². The zero-order valence-electron chi connectivity index (χ0n) is 12.6. The van der Waals surface area contributed by atoms with E-state index in [0.29, 0.717) is 12.8 Å². The fraction of sp³-hybridized carbons (Fsp3) is 0.412. The number of carbonyl (C=O) groups is 2. The lowest BCUT2D eigenvalue weighted by molar-refractivity contribution is -0.158. The third-order valence-electron chi connectivity index (χ3n) is 3.70. The smallest absolute Gasteiger partial charge is 0.321 e. The predicted molar refractivity (Wildman–Crippen MR) is 79.3 cm³/mol. The molecule has 0 saturated carbocycles. The van der Waals surface area contributed by atoms with Gasteiger partial charge in [0.2, 0.25) is 0 Å². The summed E-state index contributed by atoms with van der Waals surface area (Å²) in [4.78, 5) is 24.8. The molecule has 2 aromatic rings. The highest BCUT2D eigenvalue weighted by Gasteiger charge is 2.38. The van der Waals surface area contributed by atoms with E-state index >= 15 is 0 Å². The molecule has 4 nitrogen and oxygen atoms in total. The van der Waals surface area contributed by atoms with Crippen LogP contribution in [0.5, 0.6) is 0 Å². The Morgan fingerprint density at radius 2 is 2.05 bits per heavy atom. The second kappa shape index (κ2) is 4.72. The van der Waals surface area contributed by atoms with Crippen LogP contribution in [0.3, 0.4) is 0 Å². The van der Waals surface area contributed by atoms with Crippen LogP contribution in [-0.2, 0) is 20.7 Å². The van der Waals surface area contributed by atoms with E-state index in [0.717, 1.165) is 16.6 Å². The summed E-state index contributed by atoms with van der Waals surface area (Å²) in [7, 11) is 0. The van der Waals surface area contributed by atoms with E-state index in [1.54, 1.807) is 0 Å². The molecule has 4 heteroatoms. The number of aromatic nitrogens is 1. The van der Waals surface area contributed by atoms with Gasteiger partial charge in [-0.25, -0.2) is 0 Å². The van der Waals surface area contributed by atoms with Gasteiger partial charge in [-0.2, -0.15) is 0 Å². The van der Waals surface area contributed by atoms with E-state index in [-0.39, 0.29) is 5.78 Å². The molecule has 2 aromatic heterocycles. The molecule has 0 amide bonds. The Hall–Kier alpha value is -2.10. The molecule has 0 aromatic carbocycles. The number of ether oxygens (including phenoxy) is 1. The van der Waals surface area contributed by atoms with Crippen molar-refractivity contribution in [3.63, 3.8) is 0 Å². The molecule has 0 spiro atoms. The number of hydrogen-bond acceptors (Lipinski definition) is 3. The van der Waals surface area contributed by atoms with E-state index < -0.39 is 17.5 Å². The second-order valence-electron chi connectivity index (χ2n) is 6.49. The molecule has 3 rings (SSSR count). The molecule has 1 unspecified atom stereocenters. The summed E-state index contributed by atoms with van der Waals surface area (Å²) >= 11 is 0. The van der Waals surface area contributed by atoms with Gasteiger partial charge < -0.3 is 9.14 Å². The number of carbonyl (C=O) groups excluding carboxylic acids is 2. The number of fused-ring (bicyclic) bond motifs is 3. The van der Waals surface area contributed by atoms with Crippen molar-refractivity contribution in [2.24, 2.45) is 0 Å². The molecule has 2 heterocycles. The number of hydrogen-bond donors (Lipinski definition) is 0. The van der Waals surface area contributed by atoms with Gasteiger partial charge in [0.15, 0.2) is 5.78 Å². The van der Waals surface area contributed by atoms with Crippen LogP contribution in [0.25, 0.3) is 5.52 Å². The van der Waals surface area contributed by atoms with Gasteiger partial charge in [-0.05, 0) is 44.9 Å². The quantitative estimate of drug-likeness (QED) is 0.598. The Balaban J connectivity index is 2.10. The number of esters is 1. The Kier molecular flexibility index (Phi) is 3.12. The van der Waals surface area contributed by atoms with E-state index in [9.17, 15) is 9.59 Å². The van der Waals surface area contributed by atoms with Crippen molar-refractivity contribution < 1.29 is 14.3 Å². The molecule has 0 aliphatic heterocycles. The van der Waals surface area contributed by atoms with Crippen LogP contribution in [0.15, 0.2) is 30.6 Å². The maximum absolute atomic E-state index is 12.5. The number of Topliss-reactive ketones (excluding diaryl/α,β-unsaturated/α-hetero) is 1. The molecule has 110 valence electrons. The van der Waals surface area contributed by atoms with Crippen LogP contribution in [0.2, 0.25) is 0 Å². The average Bonchev–Trinajstić information content (AvgIpc) is 2.75. The van der Waals surface area contributed by atoms with Gasteiger partial charge in [0.05, 0.1) is 0 Å². The Labute approximate surface area is 123 Å². The van der Waals surface area contributed by atoms with Gasteiger partial charge in [-0.1, -0.05) is 6.07 Å². The van der Waals surface area contributed by atoms with Gasteiger partial charge in [0.1, 0.15) is 11.5 Å². The first-order valence-electron chi connectivity index (χ1n) is 7.21. The number of rotatable bonds is 1. The molecule has 0 N–H and O–H groups in total. The first-order valence-corrected chi connectivity index (χ1v) is 7.21. The minimum Gasteiger partial charge on any atom is -0.459 e. The molecule has 21 heavy (non-hydrogen) atoms. The van der Waals surface area contributed by atoms with Gasteiger partial charge in [-0.15, -0.1) is 0 Å². The molecule has 1 aliphatic carbocycles. The van der Waals surface area contributed by atoms with Crippen molar-refractivity contribution in [3.05, 3.63) is 41.7 Å².